The van der Waals surface area contributed by atoms with Crippen molar-refractivity contribution in [3.05, 3.63) is 41.5 Å². The van der Waals surface area contributed by atoms with Gasteiger partial charge in [-0.25, -0.2) is 14.8 Å². The Kier molecular flexibility index (Phi) is 3.53. The number of hydrogen-bond donors (Lipinski definition) is 1. The van der Waals surface area contributed by atoms with Crippen LogP contribution in [0.5, 0.6) is 0 Å². The predicted octanol–water partition coefficient (Wildman–Crippen LogP) is 2.54. The summed E-state index contributed by atoms with van der Waals surface area (Å²) >= 11 is 1.26. The van der Waals surface area contributed by atoms with E-state index < -0.39 is 5.97 Å². The van der Waals surface area contributed by atoms with Gasteiger partial charge in [0.25, 0.3) is 0 Å². The predicted molar refractivity (Wildman–Crippen MR) is 82.0 cm³/mol. The number of aromatic amines is 1. The Morgan fingerprint density at radius 3 is 3.00 bits per heavy atom. The Morgan fingerprint density at radius 2 is 2.29 bits per heavy atom. The number of thiophene rings is 1. The van der Waals surface area contributed by atoms with Gasteiger partial charge in [-0.3, -0.25) is 0 Å². The SMILES string of the molecule is CCOC(=O)c1sc2nc(-c3ccc[nH+]c3)ccc2c1N. The van der Waals surface area contributed by atoms with Crippen LogP contribution in [0.4, 0.5) is 5.69 Å². The number of hydrogen-bond acceptors (Lipinski definition) is 5. The number of pyridine rings is 2. The van der Waals surface area contributed by atoms with Crippen molar-refractivity contribution in [2.24, 2.45) is 0 Å². The van der Waals surface area contributed by atoms with Gasteiger partial charge in [-0.05, 0) is 25.1 Å². The van der Waals surface area contributed by atoms with Crippen molar-refractivity contribution in [3.63, 3.8) is 0 Å². The summed E-state index contributed by atoms with van der Waals surface area (Å²) in [6, 6.07) is 7.66. The molecule has 0 fully saturated rings. The van der Waals surface area contributed by atoms with E-state index in [1.54, 1.807) is 6.92 Å². The average Bonchev–Trinajstić information content (AvgIpc) is 2.85. The molecule has 0 atom stereocenters. The number of nitrogens with one attached hydrogen (secondary N) is 1. The largest absolute Gasteiger partial charge is 0.462 e. The van der Waals surface area contributed by atoms with Gasteiger partial charge in [-0.1, -0.05) is 0 Å². The van der Waals surface area contributed by atoms with E-state index in [9.17, 15) is 4.79 Å². The molecule has 0 unspecified atom stereocenters. The molecule has 0 bridgehead atoms. The number of H-pyrrole nitrogens is 1. The summed E-state index contributed by atoms with van der Waals surface area (Å²) in [6.45, 7) is 2.09. The van der Waals surface area contributed by atoms with Crippen LogP contribution >= 0.6 is 11.3 Å². The topological polar surface area (TPSA) is 79.3 Å². The first-order valence-corrected chi connectivity index (χ1v) is 7.35. The van der Waals surface area contributed by atoms with E-state index in [0.717, 1.165) is 21.5 Å². The van der Waals surface area contributed by atoms with Gasteiger partial charge in [-0.15, -0.1) is 11.3 Å². The lowest BCUT2D eigenvalue weighted by Gasteiger charge is -1.99. The van der Waals surface area contributed by atoms with E-state index >= 15 is 0 Å². The smallest absolute Gasteiger partial charge is 0.350 e. The average molecular weight is 300 g/mol. The molecule has 106 valence electrons. The Labute approximate surface area is 125 Å². The fourth-order valence-corrected chi connectivity index (χ4v) is 3.05. The van der Waals surface area contributed by atoms with Gasteiger partial charge in [0.05, 0.1) is 23.6 Å². The van der Waals surface area contributed by atoms with Crippen LogP contribution in [-0.2, 0) is 4.74 Å². The zero-order valence-corrected chi connectivity index (χ0v) is 12.2. The van der Waals surface area contributed by atoms with Crippen molar-refractivity contribution in [1.29, 1.82) is 0 Å². The van der Waals surface area contributed by atoms with Crippen LogP contribution in [0, 0.1) is 0 Å². The Balaban J connectivity index is 2.09. The molecule has 6 heteroatoms. The summed E-state index contributed by atoms with van der Waals surface area (Å²) in [7, 11) is 0. The third-order valence-corrected chi connectivity index (χ3v) is 4.15. The molecule has 3 aromatic rings. The van der Waals surface area contributed by atoms with Gasteiger partial charge in [0.2, 0.25) is 0 Å². The highest BCUT2D eigenvalue weighted by atomic mass is 32.1. The first-order valence-electron chi connectivity index (χ1n) is 6.53. The van der Waals surface area contributed by atoms with E-state index in [2.05, 4.69) is 9.97 Å². The van der Waals surface area contributed by atoms with Crippen LogP contribution < -0.4 is 10.7 Å². The van der Waals surface area contributed by atoms with Crippen molar-refractivity contribution in [2.45, 2.75) is 6.92 Å². The highest BCUT2D eigenvalue weighted by molar-refractivity contribution is 7.21. The lowest BCUT2D eigenvalue weighted by Crippen LogP contribution is -2.04. The molecular weight excluding hydrogens is 286 g/mol. The van der Waals surface area contributed by atoms with Crippen LogP contribution in [0.15, 0.2) is 36.7 Å². The zero-order valence-electron chi connectivity index (χ0n) is 11.4. The summed E-state index contributed by atoms with van der Waals surface area (Å²) < 4.78 is 5.01. The molecule has 0 radical (unpaired) electrons. The molecule has 3 aromatic heterocycles. The summed E-state index contributed by atoms with van der Waals surface area (Å²) in [5.74, 6) is -0.396. The van der Waals surface area contributed by atoms with E-state index in [1.807, 2.05) is 36.7 Å². The minimum absolute atomic E-state index is 0.324. The molecule has 0 saturated carbocycles. The number of rotatable bonds is 3. The van der Waals surface area contributed by atoms with Crippen LogP contribution in [0.3, 0.4) is 0 Å². The van der Waals surface area contributed by atoms with Crippen molar-refractivity contribution < 1.29 is 14.5 Å². The number of fused-ring (bicyclic) bond motifs is 1. The minimum Gasteiger partial charge on any atom is -0.462 e. The number of nitrogen functional groups attached to an aromatic ring is 1. The number of anilines is 1. The fourth-order valence-electron chi connectivity index (χ4n) is 2.06. The Morgan fingerprint density at radius 1 is 1.43 bits per heavy atom. The summed E-state index contributed by atoms with van der Waals surface area (Å²) in [6.07, 6.45) is 3.71. The Hall–Kier alpha value is -2.47. The van der Waals surface area contributed by atoms with E-state index in [1.165, 1.54) is 11.3 Å². The van der Waals surface area contributed by atoms with Gasteiger partial charge in [0, 0.05) is 11.5 Å². The molecule has 0 spiro atoms. The third-order valence-electron chi connectivity index (χ3n) is 3.06. The van der Waals surface area contributed by atoms with Gasteiger partial charge >= 0.3 is 5.97 Å². The maximum Gasteiger partial charge on any atom is 0.350 e. The summed E-state index contributed by atoms with van der Waals surface area (Å²) in [5, 5.41) is 0.784. The van der Waals surface area contributed by atoms with E-state index in [0.29, 0.717) is 17.2 Å². The second-order valence-corrected chi connectivity index (χ2v) is 5.41. The van der Waals surface area contributed by atoms with Crippen LogP contribution in [0.25, 0.3) is 21.5 Å². The van der Waals surface area contributed by atoms with Gasteiger partial charge in [0.15, 0.2) is 12.4 Å². The lowest BCUT2D eigenvalue weighted by molar-refractivity contribution is -0.377. The van der Waals surface area contributed by atoms with Gasteiger partial charge < -0.3 is 10.5 Å². The molecule has 0 amide bonds. The Bertz CT molecular complexity index is 799. The first kappa shape index (κ1) is 13.5. The van der Waals surface area contributed by atoms with Crippen molar-refractivity contribution in [2.75, 3.05) is 12.3 Å². The highest BCUT2D eigenvalue weighted by Gasteiger charge is 2.18. The molecular formula is C15H14N3O2S+. The van der Waals surface area contributed by atoms with Crippen molar-refractivity contribution in [1.82, 2.24) is 4.98 Å². The molecule has 21 heavy (non-hydrogen) atoms. The molecule has 3 heterocycles. The number of nitrogens with two attached hydrogens (primary N) is 1. The molecule has 0 aliphatic carbocycles. The standard InChI is InChI=1S/C15H13N3O2S/c1-2-20-15(19)13-12(16)10-5-6-11(18-14(10)21-13)9-4-3-7-17-8-9/h3-8H,2,16H2,1H3/p+1. The quantitative estimate of drug-likeness (QED) is 0.754. The molecule has 0 aliphatic rings. The molecule has 3 N–H and O–H groups in total. The second kappa shape index (κ2) is 5.49. The molecule has 0 aliphatic heterocycles. The second-order valence-electron chi connectivity index (χ2n) is 4.41. The fraction of sp³-hybridized carbons (Fsp3) is 0.133. The maximum absolute atomic E-state index is 11.9. The van der Waals surface area contributed by atoms with Crippen LogP contribution in [-0.4, -0.2) is 17.6 Å². The number of esters is 1. The number of carbonyl (C=O) groups excluding carboxylic acids is 1. The molecule has 5 nitrogen and oxygen atoms in total. The molecule has 3 rings (SSSR count). The van der Waals surface area contributed by atoms with Crippen LogP contribution in [0.1, 0.15) is 16.6 Å². The number of carbonyl (C=O) groups is 1. The van der Waals surface area contributed by atoms with E-state index in [4.69, 9.17) is 10.5 Å². The van der Waals surface area contributed by atoms with Crippen molar-refractivity contribution >= 4 is 33.2 Å². The van der Waals surface area contributed by atoms with Gasteiger partial charge in [0.1, 0.15) is 9.71 Å². The first-order chi connectivity index (χ1) is 10.2. The number of nitrogens with zero attached hydrogens (tertiary/aromatic N) is 1. The number of ether oxygens (including phenoxy) is 1. The number of aromatic nitrogens is 2. The molecule has 0 aromatic carbocycles. The summed E-state index contributed by atoms with van der Waals surface area (Å²) in [4.78, 5) is 20.6. The van der Waals surface area contributed by atoms with E-state index in [-0.39, 0.29) is 0 Å². The molecule has 0 saturated heterocycles. The van der Waals surface area contributed by atoms with Crippen molar-refractivity contribution in [3.8, 4) is 11.3 Å². The monoisotopic (exact) mass is 300 g/mol. The van der Waals surface area contributed by atoms with Gasteiger partial charge in [-0.2, -0.15) is 0 Å². The lowest BCUT2D eigenvalue weighted by atomic mass is 10.1. The third kappa shape index (κ3) is 2.45. The normalized spacial score (nSPS) is 10.7. The summed E-state index contributed by atoms with van der Waals surface area (Å²) in [5.41, 5.74) is 8.27. The highest BCUT2D eigenvalue weighted by Crippen LogP contribution is 2.34. The zero-order chi connectivity index (χ0) is 14.8. The maximum atomic E-state index is 11.9. The minimum atomic E-state index is -0.396. The van der Waals surface area contributed by atoms with Crippen LogP contribution in [0.2, 0.25) is 0 Å².